The Balaban J connectivity index is 0.00000131. The Bertz CT molecular complexity index is 902. The molecule has 3 aromatic rings. The Morgan fingerprint density at radius 2 is 1.89 bits per heavy atom. The van der Waals surface area contributed by atoms with Gasteiger partial charge < -0.3 is 28.4 Å². The quantitative estimate of drug-likeness (QED) is 0.368. The maximum Gasteiger partial charge on any atom is 0.168 e. The van der Waals surface area contributed by atoms with Crippen LogP contribution in [0.4, 0.5) is 17.1 Å². The summed E-state index contributed by atoms with van der Waals surface area (Å²) in [6.45, 7) is 3.30. The molecule has 27 heavy (non-hydrogen) atoms. The number of nitrogens with one attached hydrogen (secondary N) is 1. The van der Waals surface area contributed by atoms with E-state index in [1.807, 2.05) is 18.2 Å². The van der Waals surface area contributed by atoms with E-state index >= 15 is 0 Å². The van der Waals surface area contributed by atoms with Gasteiger partial charge in [0.15, 0.2) is 6.29 Å². The molecule has 0 amide bonds. The molecular formula is C19H19N4O2SY-. The molecule has 3 heterocycles. The standard InChI is InChI=1S/C19H18N4O2.H2S.Y/c24-13-15-2-1-14(12-21-15)22-19-5-6-20-18-4-3-16(11-17(18)19)23-7-9-25-10-8-23;;/h1-6,11-13H,7-10H2,(H,20,22);1H2;/p-1. The van der Waals surface area contributed by atoms with Crippen LogP contribution in [0.3, 0.4) is 0 Å². The van der Waals surface area contributed by atoms with Gasteiger partial charge in [0.1, 0.15) is 5.69 Å². The summed E-state index contributed by atoms with van der Waals surface area (Å²) in [7, 11) is 0. The summed E-state index contributed by atoms with van der Waals surface area (Å²) < 4.78 is 5.43. The van der Waals surface area contributed by atoms with E-state index in [1.54, 1.807) is 18.5 Å². The molecule has 1 aliphatic rings. The van der Waals surface area contributed by atoms with Crippen LogP contribution in [0.5, 0.6) is 0 Å². The maximum atomic E-state index is 10.7. The van der Waals surface area contributed by atoms with Crippen molar-refractivity contribution in [2.24, 2.45) is 0 Å². The van der Waals surface area contributed by atoms with E-state index in [9.17, 15) is 4.79 Å². The number of anilines is 3. The zero-order valence-electron chi connectivity index (χ0n) is 14.7. The Morgan fingerprint density at radius 3 is 2.59 bits per heavy atom. The molecule has 1 N–H and O–H groups in total. The van der Waals surface area contributed by atoms with Crippen molar-refractivity contribution in [3.63, 3.8) is 0 Å². The zero-order chi connectivity index (χ0) is 17.1. The van der Waals surface area contributed by atoms with Crippen LogP contribution in [0.25, 0.3) is 10.9 Å². The van der Waals surface area contributed by atoms with Crippen LogP contribution >= 0.6 is 0 Å². The van der Waals surface area contributed by atoms with Gasteiger partial charge in [-0.25, -0.2) is 0 Å². The minimum atomic E-state index is 0. The average molecular weight is 456 g/mol. The summed E-state index contributed by atoms with van der Waals surface area (Å²) in [5.74, 6) is 0. The predicted octanol–water partition coefficient (Wildman–Crippen LogP) is 2.75. The fourth-order valence-electron chi connectivity index (χ4n) is 2.97. The van der Waals surface area contributed by atoms with Gasteiger partial charge in [0.25, 0.3) is 0 Å². The van der Waals surface area contributed by atoms with Crippen molar-refractivity contribution in [3.05, 3.63) is 54.5 Å². The number of carbonyl (C=O) groups excluding carboxylic acids is 1. The molecule has 1 aliphatic heterocycles. The van der Waals surface area contributed by atoms with Crippen molar-refractivity contribution < 1.29 is 42.2 Å². The van der Waals surface area contributed by atoms with Crippen LogP contribution in [0.1, 0.15) is 10.5 Å². The Kier molecular flexibility index (Phi) is 8.16. The number of pyridine rings is 2. The number of rotatable bonds is 4. The van der Waals surface area contributed by atoms with E-state index in [1.165, 1.54) is 5.69 Å². The number of carbonyl (C=O) groups is 1. The molecule has 0 bridgehead atoms. The number of aldehydes is 1. The topological polar surface area (TPSA) is 67.4 Å². The van der Waals surface area contributed by atoms with Crippen LogP contribution in [0.15, 0.2) is 48.8 Å². The van der Waals surface area contributed by atoms with Crippen molar-refractivity contribution >= 4 is 47.7 Å². The minimum Gasteiger partial charge on any atom is -0.813 e. The molecule has 0 aliphatic carbocycles. The van der Waals surface area contributed by atoms with Gasteiger partial charge in [0, 0.05) is 68.8 Å². The van der Waals surface area contributed by atoms with Gasteiger partial charge in [-0.1, -0.05) is 0 Å². The summed E-state index contributed by atoms with van der Waals surface area (Å²) in [4.78, 5) is 21.6. The monoisotopic (exact) mass is 456 g/mol. The minimum absolute atomic E-state index is 0. The number of thiol groups is 1. The first kappa shape index (κ1) is 21.8. The Morgan fingerprint density at radius 1 is 1.07 bits per heavy atom. The van der Waals surface area contributed by atoms with Crippen LogP contribution in [-0.2, 0) is 50.9 Å². The first-order valence-electron chi connectivity index (χ1n) is 8.23. The normalized spacial score (nSPS) is 13.4. The van der Waals surface area contributed by atoms with Crippen LogP contribution in [-0.4, -0.2) is 42.6 Å². The second kappa shape index (κ2) is 10.1. The predicted molar refractivity (Wildman–Crippen MR) is 106 cm³/mol. The van der Waals surface area contributed by atoms with E-state index in [-0.39, 0.29) is 46.2 Å². The number of ether oxygens (including phenoxy) is 1. The molecule has 4 rings (SSSR count). The number of aromatic nitrogens is 2. The Hall–Kier alpha value is -1.54. The van der Waals surface area contributed by atoms with E-state index in [0.717, 1.165) is 54.9 Å². The molecule has 0 spiro atoms. The number of benzene rings is 1. The molecular weight excluding hydrogens is 437 g/mol. The van der Waals surface area contributed by atoms with Gasteiger partial charge in [-0.05, 0) is 36.4 Å². The molecule has 0 saturated carbocycles. The summed E-state index contributed by atoms with van der Waals surface area (Å²) >= 11 is 0. The van der Waals surface area contributed by atoms with Gasteiger partial charge in [0.05, 0.1) is 30.6 Å². The second-order valence-electron chi connectivity index (χ2n) is 5.87. The molecule has 137 valence electrons. The third-order valence-corrected chi connectivity index (χ3v) is 4.29. The summed E-state index contributed by atoms with van der Waals surface area (Å²) in [5.41, 5.74) is 4.30. The molecule has 1 radical (unpaired) electrons. The number of fused-ring (bicyclic) bond motifs is 1. The summed E-state index contributed by atoms with van der Waals surface area (Å²) in [6.07, 6.45) is 4.17. The largest absolute Gasteiger partial charge is 0.813 e. The smallest absolute Gasteiger partial charge is 0.168 e. The van der Waals surface area contributed by atoms with Crippen LogP contribution in [0, 0.1) is 0 Å². The second-order valence-corrected chi connectivity index (χ2v) is 5.87. The van der Waals surface area contributed by atoms with Crippen LogP contribution in [0.2, 0.25) is 0 Å². The van der Waals surface area contributed by atoms with Gasteiger partial charge in [-0.3, -0.25) is 14.8 Å². The van der Waals surface area contributed by atoms with Crippen molar-refractivity contribution in [3.8, 4) is 0 Å². The molecule has 1 saturated heterocycles. The van der Waals surface area contributed by atoms with E-state index in [4.69, 9.17) is 4.74 Å². The molecule has 1 aromatic carbocycles. The molecule has 2 aromatic heterocycles. The van der Waals surface area contributed by atoms with Crippen molar-refractivity contribution in [2.75, 3.05) is 36.5 Å². The molecule has 0 unspecified atom stereocenters. The summed E-state index contributed by atoms with van der Waals surface area (Å²) in [5, 5.41) is 4.41. The fraction of sp³-hybridized carbons (Fsp3) is 0.211. The summed E-state index contributed by atoms with van der Waals surface area (Å²) in [6, 6.07) is 11.8. The van der Waals surface area contributed by atoms with Crippen molar-refractivity contribution in [1.82, 2.24) is 9.97 Å². The number of nitrogens with zero attached hydrogens (tertiary/aromatic N) is 3. The van der Waals surface area contributed by atoms with E-state index in [2.05, 4.69) is 32.3 Å². The fourth-order valence-corrected chi connectivity index (χ4v) is 2.97. The third-order valence-electron chi connectivity index (χ3n) is 4.29. The zero-order valence-corrected chi connectivity index (χ0v) is 18.4. The van der Waals surface area contributed by atoms with Crippen LogP contribution < -0.4 is 10.2 Å². The molecule has 6 nitrogen and oxygen atoms in total. The van der Waals surface area contributed by atoms with Gasteiger partial charge >= 0.3 is 0 Å². The van der Waals surface area contributed by atoms with E-state index in [0.29, 0.717) is 5.69 Å². The third kappa shape index (κ3) is 5.05. The average Bonchev–Trinajstić information content (AvgIpc) is 2.69. The van der Waals surface area contributed by atoms with Gasteiger partial charge in [0.2, 0.25) is 0 Å². The SMILES string of the molecule is O=Cc1ccc(Nc2ccnc3ccc(N4CCOCC4)cc23)cn1.[SH-].[Y]. The Labute approximate surface area is 190 Å². The van der Waals surface area contributed by atoms with Crippen molar-refractivity contribution in [1.29, 1.82) is 0 Å². The van der Waals surface area contributed by atoms with Crippen molar-refractivity contribution in [2.45, 2.75) is 0 Å². The van der Waals surface area contributed by atoms with Gasteiger partial charge in [-0.15, -0.1) is 0 Å². The number of morpholine rings is 1. The first-order chi connectivity index (χ1) is 12.3. The first-order valence-corrected chi connectivity index (χ1v) is 8.23. The maximum absolute atomic E-state index is 10.7. The van der Waals surface area contributed by atoms with E-state index < -0.39 is 0 Å². The molecule has 8 heteroatoms. The molecule has 0 atom stereocenters. The van der Waals surface area contributed by atoms with Gasteiger partial charge in [-0.2, -0.15) is 0 Å². The number of hydrogen-bond donors (Lipinski definition) is 1. The number of hydrogen-bond acceptors (Lipinski definition) is 7. The molecule has 1 fully saturated rings.